The summed E-state index contributed by atoms with van der Waals surface area (Å²) in [7, 11) is 0. The van der Waals surface area contributed by atoms with E-state index in [0.717, 1.165) is 50.4 Å². The van der Waals surface area contributed by atoms with Gasteiger partial charge in [-0.1, -0.05) is 37.3 Å². The monoisotopic (exact) mass is 385 g/mol. The maximum atomic E-state index is 12.7. The van der Waals surface area contributed by atoms with Crippen molar-refractivity contribution in [3.8, 4) is 0 Å². The SMILES string of the molecule is CC/C(=C\C(=O)N1CCN(C(=O)CCN2CCOCC2)CC1)c1ccccc1. The van der Waals surface area contributed by atoms with Crippen molar-refractivity contribution < 1.29 is 14.3 Å². The Morgan fingerprint density at radius 2 is 1.61 bits per heavy atom. The first-order valence-corrected chi connectivity index (χ1v) is 10.3. The van der Waals surface area contributed by atoms with Crippen molar-refractivity contribution in [1.82, 2.24) is 14.7 Å². The number of amides is 2. The molecule has 6 heteroatoms. The van der Waals surface area contributed by atoms with Crippen LogP contribution in [-0.4, -0.2) is 85.5 Å². The zero-order valence-electron chi connectivity index (χ0n) is 16.8. The van der Waals surface area contributed by atoms with Gasteiger partial charge in [0.1, 0.15) is 0 Å². The molecular weight excluding hydrogens is 354 g/mol. The molecule has 1 aromatic carbocycles. The van der Waals surface area contributed by atoms with Gasteiger partial charge in [0.05, 0.1) is 13.2 Å². The van der Waals surface area contributed by atoms with E-state index in [2.05, 4.69) is 11.8 Å². The number of benzene rings is 1. The number of morpholine rings is 1. The zero-order chi connectivity index (χ0) is 19.8. The van der Waals surface area contributed by atoms with Crippen molar-refractivity contribution in [2.24, 2.45) is 0 Å². The minimum Gasteiger partial charge on any atom is -0.379 e. The number of rotatable bonds is 6. The van der Waals surface area contributed by atoms with E-state index < -0.39 is 0 Å². The summed E-state index contributed by atoms with van der Waals surface area (Å²) in [6, 6.07) is 10.0. The lowest BCUT2D eigenvalue weighted by Crippen LogP contribution is -2.50. The van der Waals surface area contributed by atoms with Gasteiger partial charge in [-0.15, -0.1) is 0 Å². The Bertz CT molecular complexity index is 676. The Kier molecular flexibility index (Phi) is 7.62. The average molecular weight is 386 g/mol. The molecule has 3 rings (SSSR count). The van der Waals surface area contributed by atoms with Crippen LogP contribution in [0, 0.1) is 0 Å². The summed E-state index contributed by atoms with van der Waals surface area (Å²) >= 11 is 0. The summed E-state index contributed by atoms with van der Waals surface area (Å²) < 4.78 is 5.34. The van der Waals surface area contributed by atoms with Gasteiger partial charge in [-0.2, -0.15) is 0 Å². The van der Waals surface area contributed by atoms with Crippen LogP contribution in [-0.2, 0) is 14.3 Å². The molecule has 0 aromatic heterocycles. The molecule has 2 aliphatic rings. The van der Waals surface area contributed by atoms with Crippen molar-refractivity contribution >= 4 is 17.4 Å². The predicted octanol–water partition coefficient (Wildman–Crippen LogP) is 1.87. The van der Waals surface area contributed by atoms with Crippen LogP contribution in [0.1, 0.15) is 25.3 Å². The van der Waals surface area contributed by atoms with E-state index in [1.807, 2.05) is 40.1 Å². The van der Waals surface area contributed by atoms with Crippen LogP contribution in [0.25, 0.3) is 5.57 Å². The van der Waals surface area contributed by atoms with Crippen LogP contribution in [0.4, 0.5) is 0 Å². The molecule has 2 fully saturated rings. The van der Waals surface area contributed by atoms with Crippen LogP contribution in [0.15, 0.2) is 36.4 Å². The van der Waals surface area contributed by atoms with Gasteiger partial charge in [0.2, 0.25) is 11.8 Å². The molecule has 6 nitrogen and oxygen atoms in total. The zero-order valence-corrected chi connectivity index (χ0v) is 16.8. The van der Waals surface area contributed by atoms with Gasteiger partial charge >= 0.3 is 0 Å². The summed E-state index contributed by atoms with van der Waals surface area (Å²) in [6.07, 6.45) is 3.11. The lowest BCUT2D eigenvalue weighted by molar-refractivity contribution is -0.137. The highest BCUT2D eigenvalue weighted by molar-refractivity contribution is 5.95. The second-order valence-electron chi connectivity index (χ2n) is 7.30. The number of nitrogens with zero attached hydrogens (tertiary/aromatic N) is 3. The second-order valence-corrected chi connectivity index (χ2v) is 7.30. The van der Waals surface area contributed by atoms with Crippen molar-refractivity contribution in [1.29, 1.82) is 0 Å². The van der Waals surface area contributed by atoms with Crippen molar-refractivity contribution in [2.75, 3.05) is 59.0 Å². The van der Waals surface area contributed by atoms with E-state index in [1.165, 1.54) is 0 Å². The number of allylic oxidation sites excluding steroid dienone is 1. The molecule has 28 heavy (non-hydrogen) atoms. The number of ether oxygens (including phenoxy) is 1. The first-order chi connectivity index (χ1) is 13.7. The van der Waals surface area contributed by atoms with Crippen LogP contribution >= 0.6 is 0 Å². The maximum Gasteiger partial charge on any atom is 0.246 e. The fourth-order valence-corrected chi connectivity index (χ4v) is 3.69. The fraction of sp³-hybridized carbons (Fsp3) is 0.545. The molecule has 0 N–H and O–H groups in total. The van der Waals surface area contributed by atoms with Gasteiger partial charge in [0, 0.05) is 58.3 Å². The number of piperazine rings is 1. The third kappa shape index (κ3) is 5.66. The lowest BCUT2D eigenvalue weighted by Gasteiger charge is -2.35. The van der Waals surface area contributed by atoms with E-state index in [4.69, 9.17) is 4.74 Å². The maximum absolute atomic E-state index is 12.7. The normalized spacial score (nSPS) is 19.0. The summed E-state index contributed by atoms with van der Waals surface area (Å²) in [5.41, 5.74) is 2.14. The Labute approximate surface area is 167 Å². The predicted molar refractivity (Wildman–Crippen MR) is 110 cm³/mol. The summed E-state index contributed by atoms with van der Waals surface area (Å²) in [6.45, 7) is 8.62. The van der Waals surface area contributed by atoms with Gasteiger partial charge in [-0.3, -0.25) is 14.5 Å². The third-order valence-corrected chi connectivity index (χ3v) is 5.51. The smallest absolute Gasteiger partial charge is 0.246 e. The molecule has 2 heterocycles. The Hall–Kier alpha value is -2.18. The summed E-state index contributed by atoms with van der Waals surface area (Å²) in [5.74, 6) is 0.230. The topological polar surface area (TPSA) is 53.1 Å². The van der Waals surface area contributed by atoms with Crippen molar-refractivity contribution in [2.45, 2.75) is 19.8 Å². The molecule has 0 spiro atoms. The molecule has 2 aliphatic heterocycles. The van der Waals surface area contributed by atoms with E-state index in [-0.39, 0.29) is 11.8 Å². The number of hydrogen-bond acceptors (Lipinski definition) is 4. The molecule has 152 valence electrons. The van der Waals surface area contributed by atoms with Gasteiger partial charge in [-0.25, -0.2) is 0 Å². The van der Waals surface area contributed by atoms with Crippen molar-refractivity contribution in [3.63, 3.8) is 0 Å². The first-order valence-electron chi connectivity index (χ1n) is 10.3. The van der Waals surface area contributed by atoms with E-state index >= 15 is 0 Å². The number of carbonyl (C=O) groups excluding carboxylic acids is 2. The molecule has 0 bridgehead atoms. The van der Waals surface area contributed by atoms with E-state index in [0.29, 0.717) is 32.6 Å². The van der Waals surface area contributed by atoms with Gasteiger partial charge < -0.3 is 14.5 Å². The molecular formula is C22H31N3O3. The third-order valence-electron chi connectivity index (χ3n) is 5.51. The van der Waals surface area contributed by atoms with Crippen LogP contribution < -0.4 is 0 Å². The Morgan fingerprint density at radius 1 is 0.964 bits per heavy atom. The minimum atomic E-state index is 0.0427. The average Bonchev–Trinajstić information content (AvgIpc) is 2.77. The van der Waals surface area contributed by atoms with E-state index in [1.54, 1.807) is 6.08 Å². The van der Waals surface area contributed by atoms with Crippen LogP contribution in [0.3, 0.4) is 0 Å². The van der Waals surface area contributed by atoms with Gasteiger partial charge in [0.15, 0.2) is 0 Å². The quantitative estimate of drug-likeness (QED) is 0.702. The number of carbonyl (C=O) groups is 2. The largest absolute Gasteiger partial charge is 0.379 e. The van der Waals surface area contributed by atoms with Crippen LogP contribution in [0.5, 0.6) is 0 Å². The fourth-order valence-electron chi connectivity index (χ4n) is 3.69. The molecule has 0 aliphatic carbocycles. The first kappa shape index (κ1) is 20.6. The lowest BCUT2D eigenvalue weighted by atomic mass is 10.0. The minimum absolute atomic E-state index is 0.0427. The summed E-state index contributed by atoms with van der Waals surface area (Å²) in [4.78, 5) is 31.2. The summed E-state index contributed by atoms with van der Waals surface area (Å²) in [5, 5.41) is 0. The van der Waals surface area contributed by atoms with Gasteiger partial charge in [-0.05, 0) is 17.6 Å². The highest BCUT2D eigenvalue weighted by Crippen LogP contribution is 2.18. The van der Waals surface area contributed by atoms with Crippen molar-refractivity contribution in [3.05, 3.63) is 42.0 Å². The molecule has 0 atom stereocenters. The molecule has 2 amide bonds. The Morgan fingerprint density at radius 3 is 2.25 bits per heavy atom. The number of hydrogen-bond donors (Lipinski definition) is 0. The molecule has 0 radical (unpaired) electrons. The second kappa shape index (κ2) is 10.4. The Balaban J connectivity index is 1.46. The molecule has 2 saturated heterocycles. The molecule has 0 unspecified atom stereocenters. The highest BCUT2D eigenvalue weighted by Gasteiger charge is 2.24. The highest BCUT2D eigenvalue weighted by atomic mass is 16.5. The molecule has 0 saturated carbocycles. The van der Waals surface area contributed by atoms with Crippen LogP contribution in [0.2, 0.25) is 0 Å². The standard InChI is InChI=1S/C22H31N3O3/c1-2-19(20-6-4-3-5-7-20)18-22(27)25-12-10-24(11-13-25)21(26)8-9-23-14-16-28-17-15-23/h3-7,18H,2,8-17H2,1H3/b19-18+. The van der Waals surface area contributed by atoms with E-state index in [9.17, 15) is 9.59 Å². The molecule has 1 aromatic rings. The van der Waals surface area contributed by atoms with Gasteiger partial charge in [0.25, 0.3) is 0 Å².